The Kier molecular flexibility index (Phi) is 2.69. The highest BCUT2D eigenvalue weighted by atomic mass is 32.2. The van der Waals surface area contributed by atoms with Crippen LogP contribution in [0.3, 0.4) is 0 Å². The van der Waals surface area contributed by atoms with Gasteiger partial charge in [-0.15, -0.1) is 25.3 Å². The van der Waals surface area contributed by atoms with E-state index < -0.39 is 10.0 Å². The summed E-state index contributed by atoms with van der Waals surface area (Å²) < 4.78 is -1.40. The second kappa shape index (κ2) is 3.41. The third-order valence-electron chi connectivity index (χ3n) is 1.47. The van der Waals surface area contributed by atoms with Crippen molar-refractivity contribution in [1.29, 1.82) is 0 Å². The van der Waals surface area contributed by atoms with Crippen LogP contribution in [0.1, 0.15) is 5.56 Å². The molecule has 4 heteroatoms. The van der Waals surface area contributed by atoms with Gasteiger partial charge in [0.25, 0.3) is 0 Å². The van der Waals surface area contributed by atoms with Crippen molar-refractivity contribution in [1.82, 2.24) is 0 Å². The van der Waals surface area contributed by atoms with Gasteiger partial charge >= 0.3 is 5.97 Å². The lowest BCUT2D eigenvalue weighted by molar-refractivity contribution is -0.137. The Morgan fingerprint density at radius 2 is 1.75 bits per heavy atom. The molecule has 0 spiro atoms. The van der Waals surface area contributed by atoms with Crippen LogP contribution in [0.5, 0.6) is 0 Å². The second-order valence-electron chi connectivity index (χ2n) is 2.34. The molecule has 0 fully saturated rings. The summed E-state index contributed by atoms with van der Waals surface area (Å²) in [7, 11) is 0. The molecule has 12 heavy (non-hydrogen) atoms. The summed E-state index contributed by atoms with van der Waals surface area (Å²) in [5.74, 6) is -1.07. The van der Waals surface area contributed by atoms with Crippen molar-refractivity contribution in [2.75, 3.05) is 0 Å². The molecule has 1 rings (SSSR count). The largest absolute Gasteiger partial charge is 0.479 e. The minimum atomic E-state index is -1.40. The Hall–Kier alpha value is -0.610. The number of thiol groups is 2. The Labute approximate surface area is 81.4 Å². The van der Waals surface area contributed by atoms with E-state index in [1.165, 1.54) is 0 Å². The standard InChI is InChI=1S/C8H8O2S2/c9-7(10)8(11,12)6-4-2-1-3-5-6/h1-5,11-12H,(H,9,10). The highest BCUT2D eigenvalue weighted by Gasteiger charge is 2.31. The Morgan fingerprint density at radius 3 is 2.17 bits per heavy atom. The van der Waals surface area contributed by atoms with Crippen LogP contribution in [0.25, 0.3) is 0 Å². The number of carbonyl (C=O) groups is 1. The van der Waals surface area contributed by atoms with Crippen LogP contribution < -0.4 is 0 Å². The summed E-state index contributed by atoms with van der Waals surface area (Å²) in [5.41, 5.74) is 0.559. The summed E-state index contributed by atoms with van der Waals surface area (Å²) in [5, 5.41) is 8.74. The number of carboxylic acids is 1. The molecule has 1 aromatic rings. The first-order valence-electron chi connectivity index (χ1n) is 3.29. The van der Waals surface area contributed by atoms with Crippen LogP contribution in [0.4, 0.5) is 0 Å². The molecular weight excluding hydrogens is 192 g/mol. The van der Waals surface area contributed by atoms with E-state index >= 15 is 0 Å². The lowest BCUT2D eigenvalue weighted by Gasteiger charge is -2.16. The van der Waals surface area contributed by atoms with Crippen molar-refractivity contribution in [3.05, 3.63) is 35.9 Å². The zero-order valence-corrected chi connectivity index (χ0v) is 7.93. The summed E-state index contributed by atoms with van der Waals surface area (Å²) >= 11 is 7.87. The first-order valence-corrected chi connectivity index (χ1v) is 4.18. The van der Waals surface area contributed by atoms with Crippen molar-refractivity contribution >= 4 is 31.2 Å². The number of aliphatic carboxylic acids is 1. The average molecular weight is 200 g/mol. The van der Waals surface area contributed by atoms with E-state index in [1.807, 2.05) is 6.07 Å². The third kappa shape index (κ3) is 1.76. The molecule has 1 aromatic carbocycles. The van der Waals surface area contributed by atoms with Crippen LogP contribution >= 0.6 is 25.3 Å². The van der Waals surface area contributed by atoms with Gasteiger partial charge in [0.2, 0.25) is 0 Å². The predicted molar refractivity (Wildman–Crippen MR) is 53.7 cm³/mol. The van der Waals surface area contributed by atoms with Gasteiger partial charge in [-0.05, 0) is 5.56 Å². The fourth-order valence-electron chi connectivity index (χ4n) is 0.794. The van der Waals surface area contributed by atoms with Crippen molar-refractivity contribution < 1.29 is 9.90 Å². The normalized spacial score (nSPS) is 11.2. The first kappa shape index (κ1) is 9.48. The van der Waals surface area contributed by atoms with Crippen LogP contribution in [-0.2, 0) is 8.87 Å². The monoisotopic (exact) mass is 200 g/mol. The van der Waals surface area contributed by atoms with E-state index in [2.05, 4.69) is 25.3 Å². The van der Waals surface area contributed by atoms with Crippen LogP contribution in [0.2, 0.25) is 0 Å². The van der Waals surface area contributed by atoms with Gasteiger partial charge in [-0.3, -0.25) is 0 Å². The first-order chi connectivity index (χ1) is 5.55. The minimum Gasteiger partial charge on any atom is -0.479 e. The molecule has 0 aliphatic heterocycles. The summed E-state index contributed by atoms with van der Waals surface area (Å²) in [4.78, 5) is 10.7. The summed E-state index contributed by atoms with van der Waals surface area (Å²) in [6.45, 7) is 0. The smallest absolute Gasteiger partial charge is 0.334 e. The molecule has 0 bridgehead atoms. The SMILES string of the molecule is O=C(O)C(S)(S)c1ccccc1. The van der Waals surface area contributed by atoms with Crippen LogP contribution in [-0.4, -0.2) is 11.1 Å². The van der Waals surface area contributed by atoms with Crippen LogP contribution in [0.15, 0.2) is 30.3 Å². The minimum absolute atomic E-state index is 0.559. The third-order valence-corrected chi connectivity index (χ3v) is 2.37. The Morgan fingerprint density at radius 1 is 1.25 bits per heavy atom. The van der Waals surface area contributed by atoms with E-state index in [4.69, 9.17) is 5.11 Å². The van der Waals surface area contributed by atoms with Gasteiger partial charge in [-0.25, -0.2) is 4.79 Å². The molecule has 0 aliphatic carbocycles. The molecule has 2 nitrogen and oxygen atoms in total. The lowest BCUT2D eigenvalue weighted by Crippen LogP contribution is -2.22. The number of hydrogen-bond donors (Lipinski definition) is 3. The molecule has 1 N–H and O–H groups in total. The number of carboxylic acid groups (broad SMARTS) is 1. The quantitative estimate of drug-likeness (QED) is 0.503. The number of hydrogen-bond acceptors (Lipinski definition) is 3. The van der Waals surface area contributed by atoms with Gasteiger partial charge in [0.15, 0.2) is 4.08 Å². The molecule has 0 saturated carbocycles. The van der Waals surface area contributed by atoms with E-state index in [1.54, 1.807) is 24.3 Å². The highest BCUT2D eigenvalue weighted by molar-refractivity contribution is 8.01. The van der Waals surface area contributed by atoms with Crippen molar-refractivity contribution in [2.24, 2.45) is 0 Å². The zero-order valence-electron chi connectivity index (χ0n) is 6.14. The molecule has 0 heterocycles. The fourth-order valence-corrected chi connectivity index (χ4v) is 1.09. The van der Waals surface area contributed by atoms with Gasteiger partial charge in [0, 0.05) is 0 Å². The maximum atomic E-state index is 10.7. The van der Waals surface area contributed by atoms with Crippen molar-refractivity contribution in [2.45, 2.75) is 4.08 Å². The molecule has 0 radical (unpaired) electrons. The summed E-state index contributed by atoms with van der Waals surface area (Å²) in [6, 6.07) is 8.66. The van der Waals surface area contributed by atoms with E-state index in [0.717, 1.165) is 0 Å². The van der Waals surface area contributed by atoms with Crippen LogP contribution in [0, 0.1) is 0 Å². The van der Waals surface area contributed by atoms with Gasteiger partial charge in [0.1, 0.15) is 0 Å². The maximum absolute atomic E-state index is 10.7. The lowest BCUT2D eigenvalue weighted by atomic mass is 10.1. The second-order valence-corrected chi connectivity index (χ2v) is 4.04. The molecule has 0 amide bonds. The van der Waals surface area contributed by atoms with Gasteiger partial charge in [0.05, 0.1) is 0 Å². The highest BCUT2D eigenvalue weighted by Crippen LogP contribution is 2.32. The molecule has 0 aliphatic rings. The van der Waals surface area contributed by atoms with Gasteiger partial charge in [-0.2, -0.15) is 0 Å². The molecule has 0 atom stereocenters. The molecule has 64 valence electrons. The Balaban J connectivity index is 3.06. The number of rotatable bonds is 2. The predicted octanol–water partition coefficient (Wildman–Crippen LogP) is 1.78. The molecule has 0 unspecified atom stereocenters. The molecule has 0 saturated heterocycles. The molecular formula is C8H8O2S2. The molecule has 0 aromatic heterocycles. The van der Waals surface area contributed by atoms with E-state index in [9.17, 15) is 4.79 Å². The summed E-state index contributed by atoms with van der Waals surface area (Å²) in [6.07, 6.45) is 0. The average Bonchev–Trinajstić information content (AvgIpc) is 2.06. The van der Waals surface area contributed by atoms with Gasteiger partial charge in [-0.1, -0.05) is 30.3 Å². The zero-order chi connectivity index (χ0) is 9.19. The van der Waals surface area contributed by atoms with Gasteiger partial charge < -0.3 is 5.11 Å². The maximum Gasteiger partial charge on any atom is 0.334 e. The van der Waals surface area contributed by atoms with E-state index in [-0.39, 0.29) is 0 Å². The van der Waals surface area contributed by atoms with E-state index in [0.29, 0.717) is 5.56 Å². The van der Waals surface area contributed by atoms with Crippen molar-refractivity contribution in [3.8, 4) is 0 Å². The number of benzene rings is 1. The Bertz CT molecular complexity index is 282. The fraction of sp³-hybridized carbons (Fsp3) is 0.125. The van der Waals surface area contributed by atoms with Crippen molar-refractivity contribution in [3.63, 3.8) is 0 Å². The topological polar surface area (TPSA) is 37.3 Å².